The highest BCUT2D eigenvalue weighted by atomic mass is 127. The first-order valence-corrected chi connectivity index (χ1v) is 7.32. The van der Waals surface area contributed by atoms with Gasteiger partial charge in [-0.15, -0.1) is 0 Å². The highest BCUT2D eigenvalue weighted by molar-refractivity contribution is 14.1. The van der Waals surface area contributed by atoms with E-state index in [1.807, 2.05) is 42.5 Å². The molecule has 0 aliphatic heterocycles. The Morgan fingerprint density at radius 1 is 1.26 bits per heavy atom. The van der Waals surface area contributed by atoms with Crippen LogP contribution in [-0.4, -0.2) is 12.2 Å². The van der Waals surface area contributed by atoms with Gasteiger partial charge in [0.2, 0.25) is 0 Å². The molecule has 1 unspecified atom stereocenters. The van der Waals surface area contributed by atoms with Crippen LogP contribution in [0.25, 0.3) is 0 Å². The zero-order chi connectivity index (χ0) is 13.8. The van der Waals surface area contributed by atoms with Crippen molar-refractivity contribution < 1.29 is 9.84 Å². The summed E-state index contributed by atoms with van der Waals surface area (Å²) in [7, 11) is 1.63. The third-order valence-electron chi connectivity index (χ3n) is 2.89. The molecule has 4 heteroatoms. The number of ether oxygens (including phenoxy) is 1. The first-order valence-electron chi connectivity index (χ1n) is 5.86. The van der Waals surface area contributed by atoms with Crippen LogP contribution in [0.5, 0.6) is 5.75 Å². The Hall–Kier alpha value is -0.780. The van der Waals surface area contributed by atoms with Crippen LogP contribution in [0, 0.1) is 3.57 Å². The van der Waals surface area contributed by atoms with Gasteiger partial charge in [0.1, 0.15) is 5.75 Å². The van der Waals surface area contributed by atoms with E-state index >= 15 is 0 Å². The number of benzene rings is 2. The Morgan fingerprint density at radius 2 is 2.05 bits per heavy atom. The molecular weight excluding hydrogens is 375 g/mol. The summed E-state index contributed by atoms with van der Waals surface area (Å²) < 4.78 is 6.16. The summed E-state index contributed by atoms with van der Waals surface area (Å²) in [4.78, 5) is 0. The minimum absolute atomic E-state index is 0.536. The van der Waals surface area contributed by atoms with Crippen molar-refractivity contribution in [2.45, 2.75) is 12.5 Å². The van der Waals surface area contributed by atoms with E-state index in [-0.39, 0.29) is 0 Å². The SMILES string of the molecule is COc1cccc(CC(O)c2ccc(I)c(Cl)c2)c1. The molecule has 0 fully saturated rings. The second-order valence-electron chi connectivity index (χ2n) is 4.24. The van der Waals surface area contributed by atoms with Crippen molar-refractivity contribution >= 4 is 34.2 Å². The molecule has 0 aliphatic carbocycles. The molecule has 2 rings (SSSR count). The van der Waals surface area contributed by atoms with Gasteiger partial charge in [-0.3, -0.25) is 0 Å². The van der Waals surface area contributed by atoms with Gasteiger partial charge in [0, 0.05) is 9.99 Å². The van der Waals surface area contributed by atoms with E-state index in [4.69, 9.17) is 16.3 Å². The van der Waals surface area contributed by atoms with Crippen LogP contribution >= 0.6 is 34.2 Å². The molecule has 0 heterocycles. The summed E-state index contributed by atoms with van der Waals surface area (Å²) in [6.07, 6.45) is -0.0321. The highest BCUT2D eigenvalue weighted by Crippen LogP contribution is 2.26. The van der Waals surface area contributed by atoms with Crippen molar-refractivity contribution in [2.75, 3.05) is 7.11 Å². The molecule has 0 amide bonds. The monoisotopic (exact) mass is 388 g/mol. The largest absolute Gasteiger partial charge is 0.497 e. The van der Waals surface area contributed by atoms with E-state index in [2.05, 4.69) is 22.6 Å². The lowest BCUT2D eigenvalue weighted by atomic mass is 10.0. The molecule has 0 bridgehead atoms. The second-order valence-corrected chi connectivity index (χ2v) is 5.81. The van der Waals surface area contributed by atoms with Crippen molar-refractivity contribution in [3.63, 3.8) is 0 Å². The van der Waals surface area contributed by atoms with E-state index in [0.717, 1.165) is 20.4 Å². The van der Waals surface area contributed by atoms with Crippen LogP contribution in [0.4, 0.5) is 0 Å². The molecular formula is C15H14ClIO2. The lowest BCUT2D eigenvalue weighted by molar-refractivity contribution is 0.178. The second kappa shape index (κ2) is 6.59. The predicted molar refractivity (Wildman–Crippen MR) is 85.8 cm³/mol. The Kier molecular flexibility index (Phi) is 5.07. The van der Waals surface area contributed by atoms with E-state index in [0.29, 0.717) is 11.4 Å². The van der Waals surface area contributed by atoms with Gasteiger partial charge in [0.05, 0.1) is 18.2 Å². The smallest absolute Gasteiger partial charge is 0.119 e. The summed E-state index contributed by atoms with van der Waals surface area (Å²) in [6, 6.07) is 13.3. The van der Waals surface area contributed by atoms with E-state index in [1.165, 1.54) is 0 Å². The highest BCUT2D eigenvalue weighted by Gasteiger charge is 2.10. The van der Waals surface area contributed by atoms with Gasteiger partial charge >= 0.3 is 0 Å². The zero-order valence-corrected chi connectivity index (χ0v) is 13.4. The van der Waals surface area contributed by atoms with Gasteiger partial charge in [-0.05, 0) is 58.0 Å². The molecule has 2 nitrogen and oxygen atoms in total. The van der Waals surface area contributed by atoms with Crippen molar-refractivity contribution in [1.82, 2.24) is 0 Å². The van der Waals surface area contributed by atoms with Gasteiger partial charge in [-0.1, -0.05) is 29.8 Å². The Bertz CT molecular complexity index is 572. The Morgan fingerprint density at radius 3 is 2.74 bits per heavy atom. The molecule has 2 aromatic rings. The van der Waals surface area contributed by atoms with Gasteiger partial charge in [-0.2, -0.15) is 0 Å². The van der Waals surface area contributed by atoms with Crippen LogP contribution < -0.4 is 4.74 Å². The van der Waals surface area contributed by atoms with Crippen molar-refractivity contribution in [3.8, 4) is 5.75 Å². The first kappa shape index (κ1) is 14.6. The fraction of sp³-hybridized carbons (Fsp3) is 0.200. The van der Waals surface area contributed by atoms with Crippen LogP contribution in [0.3, 0.4) is 0 Å². The standard InChI is InChI=1S/C15H14ClIO2/c1-19-12-4-2-3-10(7-12)8-15(18)11-5-6-14(17)13(16)9-11/h2-7,9,15,18H,8H2,1H3. The molecule has 2 aromatic carbocycles. The maximum absolute atomic E-state index is 10.3. The molecule has 0 saturated heterocycles. The number of rotatable bonds is 4. The van der Waals surface area contributed by atoms with Crippen LogP contribution in [0.15, 0.2) is 42.5 Å². The summed E-state index contributed by atoms with van der Waals surface area (Å²) in [5.41, 5.74) is 1.86. The predicted octanol–water partition coefficient (Wildman–Crippen LogP) is 4.23. The molecule has 19 heavy (non-hydrogen) atoms. The number of hydrogen-bond donors (Lipinski definition) is 1. The maximum atomic E-state index is 10.3. The van der Waals surface area contributed by atoms with Crippen molar-refractivity contribution in [2.24, 2.45) is 0 Å². The van der Waals surface area contributed by atoms with Gasteiger partial charge in [-0.25, -0.2) is 0 Å². The first-order chi connectivity index (χ1) is 9.10. The lowest BCUT2D eigenvalue weighted by Gasteiger charge is -2.12. The van der Waals surface area contributed by atoms with Crippen molar-refractivity contribution in [3.05, 3.63) is 62.2 Å². The molecule has 0 saturated carbocycles. The number of halogens is 2. The lowest BCUT2D eigenvalue weighted by Crippen LogP contribution is -2.02. The van der Waals surface area contributed by atoms with Crippen LogP contribution in [0.1, 0.15) is 17.2 Å². The average Bonchev–Trinajstić information content (AvgIpc) is 2.42. The number of hydrogen-bond acceptors (Lipinski definition) is 2. The molecule has 100 valence electrons. The van der Waals surface area contributed by atoms with Gasteiger partial charge < -0.3 is 9.84 Å². The number of aliphatic hydroxyl groups excluding tert-OH is 1. The fourth-order valence-corrected chi connectivity index (χ4v) is 2.38. The van der Waals surface area contributed by atoms with Crippen LogP contribution in [0.2, 0.25) is 5.02 Å². The Balaban J connectivity index is 2.15. The third kappa shape index (κ3) is 3.84. The fourth-order valence-electron chi connectivity index (χ4n) is 1.86. The van der Waals surface area contributed by atoms with E-state index in [9.17, 15) is 5.11 Å². The molecule has 0 aliphatic rings. The normalized spacial score (nSPS) is 12.2. The summed E-state index contributed by atoms with van der Waals surface area (Å²) in [6.45, 7) is 0. The zero-order valence-electron chi connectivity index (χ0n) is 10.4. The van der Waals surface area contributed by atoms with E-state index in [1.54, 1.807) is 7.11 Å². The average molecular weight is 389 g/mol. The minimum Gasteiger partial charge on any atom is -0.497 e. The number of methoxy groups -OCH3 is 1. The topological polar surface area (TPSA) is 29.5 Å². The minimum atomic E-state index is -0.568. The summed E-state index contributed by atoms with van der Waals surface area (Å²) in [5, 5.41) is 10.9. The molecule has 0 radical (unpaired) electrons. The molecule has 1 N–H and O–H groups in total. The number of aliphatic hydroxyl groups is 1. The molecule has 1 atom stereocenters. The van der Waals surface area contributed by atoms with Gasteiger partial charge in [0.25, 0.3) is 0 Å². The Labute approximate surface area is 131 Å². The van der Waals surface area contributed by atoms with E-state index < -0.39 is 6.10 Å². The molecule has 0 aromatic heterocycles. The van der Waals surface area contributed by atoms with Crippen molar-refractivity contribution in [1.29, 1.82) is 0 Å². The molecule has 0 spiro atoms. The quantitative estimate of drug-likeness (QED) is 0.794. The summed E-state index contributed by atoms with van der Waals surface area (Å²) >= 11 is 8.24. The third-order valence-corrected chi connectivity index (χ3v) is 4.46. The van der Waals surface area contributed by atoms with Gasteiger partial charge in [0.15, 0.2) is 0 Å². The summed E-state index contributed by atoms with van der Waals surface area (Å²) in [5.74, 6) is 0.797. The maximum Gasteiger partial charge on any atom is 0.119 e. The van der Waals surface area contributed by atoms with Crippen LogP contribution in [-0.2, 0) is 6.42 Å².